The summed E-state index contributed by atoms with van der Waals surface area (Å²) in [6.45, 7) is 2.26. The van der Waals surface area contributed by atoms with Gasteiger partial charge in [0.2, 0.25) is 0 Å². The van der Waals surface area contributed by atoms with Crippen molar-refractivity contribution in [1.82, 2.24) is 0 Å². The molecule has 2 aliphatic rings. The summed E-state index contributed by atoms with van der Waals surface area (Å²) in [5, 5.41) is 0. The summed E-state index contributed by atoms with van der Waals surface area (Å²) < 4.78 is 0. The predicted octanol–water partition coefficient (Wildman–Crippen LogP) is 3.26. The summed E-state index contributed by atoms with van der Waals surface area (Å²) >= 11 is 0. The van der Waals surface area contributed by atoms with E-state index in [4.69, 9.17) is 0 Å². The van der Waals surface area contributed by atoms with E-state index in [9.17, 15) is 4.79 Å². The molecule has 0 heterocycles. The van der Waals surface area contributed by atoms with E-state index in [1.807, 2.05) is 0 Å². The van der Waals surface area contributed by atoms with E-state index < -0.39 is 0 Å². The Morgan fingerprint density at radius 3 is 2.88 bits per heavy atom. The molecule has 1 fully saturated rings. The van der Waals surface area contributed by atoms with Crippen molar-refractivity contribution in [1.29, 1.82) is 0 Å². The van der Waals surface area contributed by atoms with Crippen LogP contribution in [0.25, 0.3) is 0 Å². The Balaban J connectivity index is 1.86. The van der Waals surface area contributed by atoms with E-state index in [2.05, 4.69) is 31.2 Å². The van der Waals surface area contributed by atoms with Gasteiger partial charge in [-0.15, -0.1) is 0 Å². The fourth-order valence-corrected chi connectivity index (χ4v) is 2.99. The maximum absolute atomic E-state index is 12.0. The Morgan fingerprint density at radius 1 is 1.38 bits per heavy atom. The molecule has 0 aliphatic heterocycles. The van der Waals surface area contributed by atoms with Gasteiger partial charge in [0.05, 0.1) is 0 Å². The molecule has 84 valence electrons. The molecule has 0 aromatic heterocycles. The molecule has 0 saturated heterocycles. The molecular weight excluding hydrogens is 196 g/mol. The highest BCUT2D eigenvalue weighted by Crippen LogP contribution is 2.43. The second-order valence-electron chi connectivity index (χ2n) is 5.64. The molecule has 3 rings (SSSR count). The zero-order valence-corrected chi connectivity index (χ0v) is 9.83. The molecule has 1 nitrogen and oxygen atoms in total. The van der Waals surface area contributed by atoms with Gasteiger partial charge in [0.15, 0.2) is 0 Å². The molecule has 1 saturated carbocycles. The third-order valence-corrected chi connectivity index (χ3v) is 4.21. The molecule has 16 heavy (non-hydrogen) atoms. The van der Waals surface area contributed by atoms with Crippen LogP contribution in [0.3, 0.4) is 0 Å². The van der Waals surface area contributed by atoms with Gasteiger partial charge in [0, 0.05) is 12.3 Å². The van der Waals surface area contributed by atoms with E-state index in [-0.39, 0.29) is 5.41 Å². The zero-order valence-electron chi connectivity index (χ0n) is 9.83. The normalized spacial score (nSPS) is 27.8. The van der Waals surface area contributed by atoms with Crippen LogP contribution in [0.1, 0.15) is 43.7 Å². The summed E-state index contributed by atoms with van der Waals surface area (Å²) in [5.74, 6) is 0.906. The van der Waals surface area contributed by atoms with E-state index in [0.717, 1.165) is 32.1 Å². The number of ketones is 1. The molecule has 1 heteroatoms. The molecule has 0 spiro atoms. The van der Waals surface area contributed by atoms with Crippen LogP contribution in [0, 0.1) is 5.92 Å². The fourth-order valence-electron chi connectivity index (χ4n) is 2.99. The molecule has 1 aromatic rings. The number of Topliss-reactive ketones (excluding diaryl/α,β-unsaturated/α-hetero) is 1. The lowest BCUT2D eigenvalue weighted by molar-refractivity contribution is -0.121. The van der Waals surface area contributed by atoms with Gasteiger partial charge in [0.25, 0.3) is 0 Å². The lowest BCUT2D eigenvalue weighted by atomic mass is 9.79. The van der Waals surface area contributed by atoms with Gasteiger partial charge < -0.3 is 0 Å². The number of fused-ring (bicyclic) bond motifs is 1. The second kappa shape index (κ2) is 3.44. The van der Waals surface area contributed by atoms with Gasteiger partial charge in [-0.2, -0.15) is 0 Å². The summed E-state index contributed by atoms with van der Waals surface area (Å²) in [6.07, 6.45) is 5.32. The molecule has 0 radical (unpaired) electrons. The van der Waals surface area contributed by atoms with E-state index in [1.165, 1.54) is 11.1 Å². The molecule has 1 aromatic carbocycles. The number of benzene rings is 1. The number of aryl methyl sites for hydroxylation is 1. The topological polar surface area (TPSA) is 17.1 Å². The van der Waals surface area contributed by atoms with Crippen molar-refractivity contribution in [3.63, 3.8) is 0 Å². The zero-order chi connectivity index (χ0) is 11.2. The Morgan fingerprint density at radius 2 is 2.12 bits per heavy atom. The molecule has 0 unspecified atom stereocenters. The Hall–Kier alpha value is -1.11. The van der Waals surface area contributed by atoms with Crippen molar-refractivity contribution < 1.29 is 4.79 Å². The minimum absolute atomic E-state index is 0.121. The van der Waals surface area contributed by atoms with Crippen LogP contribution >= 0.6 is 0 Å². The van der Waals surface area contributed by atoms with Crippen molar-refractivity contribution in [3.8, 4) is 0 Å². The minimum atomic E-state index is 0.121. The monoisotopic (exact) mass is 214 g/mol. The number of hydrogen-bond donors (Lipinski definition) is 0. The summed E-state index contributed by atoms with van der Waals surface area (Å²) in [7, 11) is 0. The molecule has 1 atom stereocenters. The first-order chi connectivity index (χ1) is 7.69. The number of carbonyl (C=O) groups is 1. The third-order valence-electron chi connectivity index (χ3n) is 4.21. The van der Waals surface area contributed by atoms with Crippen molar-refractivity contribution in [2.24, 2.45) is 5.92 Å². The van der Waals surface area contributed by atoms with Crippen molar-refractivity contribution in [2.45, 2.75) is 44.4 Å². The number of rotatable bonds is 3. The average Bonchev–Trinajstić information content (AvgIpc) is 3.07. The maximum Gasteiger partial charge on any atom is 0.136 e. The van der Waals surface area contributed by atoms with Crippen molar-refractivity contribution in [3.05, 3.63) is 35.4 Å². The fraction of sp³-hybridized carbons (Fsp3) is 0.533. The largest absolute Gasteiger partial charge is 0.299 e. The third kappa shape index (κ3) is 1.59. The predicted molar refractivity (Wildman–Crippen MR) is 64.5 cm³/mol. The lowest BCUT2D eigenvalue weighted by Gasteiger charge is -2.24. The van der Waals surface area contributed by atoms with Gasteiger partial charge >= 0.3 is 0 Å². The Kier molecular flexibility index (Phi) is 2.17. The number of hydrogen-bond acceptors (Lipinski definition) is 1. The minimum Gasteiger partial charge on any atom is -0.299 e. The first-order valence-electron chi connectivity index (χ1n) is 6.30. The first kappa shape index (κ1) is 10.1. The molecule has 0 N–H and O–H groups in total. The summed E-state index contributed by atoms with van der Waals surface area (Å²) in [5.41, 5.74) is 2.99. The van der Waals surface area contributed by atoms with Gasteiger partial charge in [-0.25, -0.2) is 0 Å². The average molecular weight is 214 g/mol. The summed E-state index contributed by atoms with van der Waals surface area (Å²) in [4.78, 5) is 12.0. The highest BCUT2D eigenvalue weighted by Gasteiger charge is 2.39. The molecule has 2 aliphatic carbocycles. The van der Waals surface area contributed by atoms with Crippen molar-refractivity contribution >= 4 is 5.78 Å². The Bertz CT molecular complexity index is 431. The van der Waals surface area contributed by atoms with Crippen LogP contribution in [0.2, 0.25) is 0 Å². The van der Waals surface area contributed by atoms with Gasteiger partial charge in [-0.05, 0) is 42.2 Å². The van der Waals surface area contributed by atoms with Crippen LogP contribution in [0.15, 0.2) is 24.3 Å². The van der Waals surface area contributed by atoms with Gasteiger partial charge in [0.1, 0.15) is 5.78 Å². The molecular formula is C15H18O. The van der Waals surface area contributed by atoms with E-state index >= 15 is 0 Å². The highest BCUT2D eigenvalue weighted by molar-refractivity contribution is 5.84. The summed E-state index contributed by atoms with van der Waals surface area (Å²) in [6, 6.07) is 8.63. The molecule has 0 bridgehead atoms. The molecule has 0 amide bonds. The number of carbonyl (C=O) groups excluding carboxylic acids is 1. The standard InChI is InChI=1S/C15H18O/c1-15(10-14(16)12-6-7-12)9-8-11-4-2-3-5-13(11)15/h2-5,12H,6-10H2,1H3/t15-/m1/s1. The van der Waals surface area contributed by atoms with E-state index in [1.54, 1.807) is 0 Å². The van der Waals surface area contributed by atoms with Crippen LogP contribution in [-0.4, -0.2) is 5.78 Å². The second-order valence-corrected chi connectivity index (χ2v) is 5.64. The SMILES string of the molecule is C[C@]1(CC(=O)C2CC2)CCc2ccccc21. The van der Waals surface area contributed by atoms with Crippen LogP contribution < -0.4 is 0 Å². The highest BCUT2D eigenvalue weighted by atomic mass is 16.1. The van der Waals surface area contributed by atoms with Crippen molar-refractivity contribution in [2.75, 3.05) is 0 Å². The van der Waals surface area contributed by atoms with Gasteiger partial charge in [-0.1, -0.05) is 31.2 Å². The van der Waals surface area contributed by atoms with Crippen LogP contribution in [-0.2, 0) is 16.6 Å². The van der Waals surface area contributed by atoms with Crippen LogP contribution in [0.4, 0.5) is 0 Å². The smallest absolute Gasteiger partial charge is 0.136 e. The van der Waals surface area contributed by atoms with Gasteiger partial charge in [-0.3, -0.25) is 4.79 Å². The van der Waals surface area contributed by atoms with E-state index in [0.29, 0.717) is 11.7 Å². The Labute approximate surface area is 96.9 Å². The lowest BCUT2D eigenvalue weighted by Crippen LogP contribution is -2.23. The first-order valence-corrected chi connectivity index (χ1v) is 6.30. The quantitative estimate of drug-likeness (QED) is 0.754. The van der Waals surface area contributed by atoms with Crippen LogP contribution in [0.5, 0.6) is 0 Å². The maximum atomic E-state index is 12.0.